The highest BCUT2D eigenvalue weighted by atomic mass is 16.5. The third-order valence-corrected chi connectivity index (χ3v) is 3.36. The first kappa shape index (κ1) is 14.5. The van der Waals surface area contributed by atoms with Gasteiger partial charge < -0.3 is 15.2 Å². The summed E-state index contributed by atoms with van der Waals surface area (Å²) in [5.41, 5.74) is 1.17. The van der Waals surface area contributed by atoms with Crippen LogP contribution in [0.3, 0.4) is 0 Å². The molecule has 2 N–H and O–H groups in total. The molecule has 0 aliphatic carbocycles. The quantitative estimate of drug-likeness (QED) is 0.857. The number of ether oxygens (including phenoxy) is 1. The number of carbonyl (C=O) groups excluding carboxylic acids is 1. The maximum absolute atomic E-state index is 11.8. The fourth-order valence-electron chi connectivity index (χ4n) is 2.25. The second-order valence-corrected chi connectivity index (χ2v) is 4.90. The van der Waals surface area contributed by atoms with Crippen molar-refractivity contribution in [2.24, 2.45) is 0 Å². The Labute approximate surface area is 117 Å². The van der Waals surface area contributed by atoms with Gasteiger partial charge in [0.25, 0.3) is 0 Å². The molecule has 0 spiro atoms. The van der Waals surface area contributed by atoms with Crippen LogP contribution in [0.25, 0.3) is 0 Å². The van der Waals surface area contributed by atoms with E-state index in [0.717, 1.165) is 24.8 Å². The molecule has 108 valence electrons. The van der Waals surface area contributed by atoms with Crippen LogP contribution < -0.4 is 5.32 Å². The molecule has 1 amide bonds. The van der Waals surface area contributed by atoms with Gasteiger partial charge in [0.1, 0.15) is 6.10 Å². The summed E-state index contributed by atoms with van der Waals surface area (Å²) in [5.74, 6) is -1.01. The number of carboxylic acid groups (broad SMARTS) is 1. The predicted octanol–water partition coefficient (Wildman–Crippen LogP) is 1.61. The van der Waals surface area contributed by atoms with Gasteiger partial charge in [0, 0.05) is 13.2 Å². The van der Waals surface area contributed by atoms with Crippen molar-refractivity contribution in [2.45, 2.75) is 31.8 Å². The van der Waals surface area contributed by atoms with E-state index in [4.69, 9.17) is 9.84 Å². The summed E-state index contributed by atoms with van der Waals surface area (Å²) < 4.78 is 5.40. The summed E-state index contributed by atoms with van der Waals surface area (Å²) in [6.07, 6.45) is 3.11. The van der Waals surface area contributed by atoms with E-state index in [1.165, 1.54) is 0 Å². The van der Waals surface area contributed by atoms with Gasteiger partial charge in [-0.1, -0.05) is 12.1 Å². The lowest BCUT2D eigenvalue weighted by atomic mass is 10.1. The Balaban J connectivity index is 1.79. The molecule has 1 fully saturated rings. The predicted molar refractivity (Wildman–Crippen MR) is 73.7 cm³/mol. The minimum Gasteiger partial charge on any atom is -0.478 e. The Morgan fingerprint density at radius 2 is 2.20 bits per heavy atom. The molecule has 1 aliphatic heterocycles. The normalized spacial score (nSPS) is 18.5. The maximum Gasteiger partial charge on any atom is 0.335 e. The number of benzene rings is 1. The largest absolute Gasteiger partial charge is 0.478 e. The summed E-state index contributed by atoms with van der Waals surface area (Å²) in [6.45, 7) is 1.14. The second kappa shape index (κ2) is 7.05. The molecule has 5 heteroatoms. The topological polar surface area (TPSA) is 75.6 Å². The number of nitrogens with one attached hydrogen (secondary N) is 1. The zero-order chi connectivity index (χ0) is 14.4. The molecule has 1 aliphatic rings. The van der Waals surface area contributed by atoms with Gasteiger partial charge in [-0.3, -0.25) is 4.79 Å². The highest BCUT2D eigenvalue weighted by molar-refractivity contribution is 5.87. The number of carboxylic acids is 1. The molecule has 1 unspecified atom stereocenters. The van der Waals surface area contributed by atoms with Crippen molar-refractivity contribution >= 4 is 11.9 Å². The zero-order valence-electron chi connectivity index (χ0n) is 11.3. The van der Waals surface area contributed by atoms with Gasteiger partial charge in [0.05, 0.1) is 5.56 Å². The Morgan fingerprint density at radius 3 is 2.90 bits per heavy atom. The molecule has 0 aromatic heterocycles. The lowest BCUT2D eigenvalue weighted by molar-refractivity contribution is -0.135. The van der Waals surface area contributed by atoms with E-state index in [0.29, 0.717) is 19.6 Å². The van der Waals surface area contributed by atoms with Crippen LogP contribution in [0.5, 0.6) is 0 Å². The molecular weight excluding hydrogens is 258 g/mol. The number of hydrogen-bond acceptors (Lipinski definition) is 3. The summed E-state index contributed by atoms with van der Waals surface area (Å²) in [6, 6.07) is 6.76. The third-order valence-electron chi connectivity index (χ3n) is 3.36. The van der Waals surface area contributed by atoms with Crippen LogP contribution in [-0.2, 0) is 16.0 Å². The standard InChI is InChI=1S/C15H19NO4/c17-14(13-6-1-2-9-20-13)16-8-7-11-4-3-5-12(10-11)15(18)19/h3-5,10,13H,1-2,6-9H2,(H,16,17)(H,18,19). The van der Waals surface area contributed by atoms with Crippen LogP contribution in [0.15, 0.2) is 24.3 Å². The van der Waals surface area contributed by atoms with Gasteiger partial charge in [0.15, 0.2) is 0 Å². The molecule has 0 bridgehead atoms. The molecule has 20 heavy (non-hydrogen) atoms. The number of hydrogen-bond donors (Lipinski definition) is 2. The lowest BCUT2D eigenvalue weighted by Gasteiger charge is -2.21. The first-order valence-corrected chi connectivity index (χ1v) is 6.88. The Bertz CT molecular complexity index is 481. The van der Waals surface area contributed by atoms with Crippen molar-refractivity contribution in [3.63, 3.8) is 0 Å². The molecule has 1 aromatic rings. The Hall–Kier alpha value is -1.88. The molecule has 2 rings (SSSR count). The average Bonchev–Trinajstić information content (AvgIpc) is 2.48. The number of carbonyl (C=O) groups is 2. The van der Waals surface area contributed by atoms with E-state index in [1.807, 2.05) is 6.07 Å². The van der Waals surface area contributed by atoms with Gasteiger partial charge in [-0.2, -0.15) is 0 Å². The van der Waals surface area contributed by atoms with Crippen molar-refractivity contribution < 1.29 is 19.4 Å². The van der Waals surface area contributed by atoms with E-state index in [1.54, 1.807) is 18.2 Å². The molecule has 1 heterocycles. The van der Waals surface area contributed by atoms with Crippen LogP contribution in [0.2, 0.25) is 0 Å². The average molecular weight is 277 g/mol. The van der Waals surface area contributed by atoms with E-state index >= 15 is 0 Å². The van der Waals surface area contributed by atoms with Gasteiger partial charge >= 0.3 is 5.97 Å². The van der Waals surface area contributed by atoms with Crippen LogP contribution in [-0.4, -0.2) is 36.2 Å². The lowest BCUT2D eigenvalue weighted by Crippen LogP contribution is -2.39. The molecule has 1 atom stereocenters. The van der Waals surface area contributed by atoms with Gasteiger partial charge in [-0.25, -0.2) is 4.79 Å². The van der Waals surface area contributed by atoms with Crippen LogP contribution in [0.1, 0.15) is 35.2 Å². The Morgan fingerprint density at radius 1 is 1.35 bits per heavy atom. The summed E-state index contributed by atoms with van der Waals surface area (Å²) >= 11 is 0. The van der Waals surface area contributed by atoms with Gasteiger partial charge in [-0.15, -0.1) is 0 Å². The van der Waals surface area contributed by atoms with Crippen molar-refractivity contribution in [1.82, 2.24) is 5.32 Å². The fraction of sp³-hybridized carbons (Fsp3) is 0.467. The van der Waals surface area contributed by atoms with E-state index in [-0.39, 0.29) is 17.6 Å². The van der Waals surface area contributed by atoms with Gasteiger partial charge in [0.2, 0.25) is 5.91 Å². The molecule has 0 radical (unpaired) electrons. The first-order valence-electron chi connectivity index (χ1n) is 6.88. The van der Waals surface area contributed by atoms with Crippen molar-refractivity contribution in [3.8, 4) is 0 Å². The molecule has 5 nitrogen and oxygen atoms in total. The SMILES string of the molecule is O=C(O)c1cccc(CCNC(=O)C2CCCCO2)c1. The fourth-order valence-corrected chi connectivity index (χ4v) is 2.25. The summed E-state index contributed by atoms with van der Waals surface area (Å²) in [7, 11) is 0. The van der Waals surface area contributed by atoms with E-state index in [2.05, 4.69) is 5.32 Å². The zero-order valence-corrected chi connectivity index (χ0v) is 11.3. The minimum absolute atomic E-state index is 0.0703. The van der Waals surface area contributed by atoms with Crippen LogP contribution in [0.4, 0.5) is 0 Å². The minimum atomic E-state index is -0.938. The van der Waals surface area contributed by atoms with Crippen molar-refractivity contribution in [1.29, 1.82) is 0 Å². The summed E-state index contributed by atoms with van der Waals surface area (Å²) in [5, 5.41) is 11.7. The highest BCUT2D eigenvalue weighted by Crippen LogP contribution is 2.12. The van der Waals surface area contributed by atoms with Crippen molar-refractivity contribution in [3.05, 3.63) is 35.4 Å². The van der Waals surface area contributed by atoms with Gasteiger partial charge in [-0.05, 0) is 43.4 Å². The molecular formula is C15H19NO4. The van der Waals surface area contributed by atoms with E-state index in [9.17, 15) is 9.59 Å². The van der Waals surface area contributed by atoms with Crippen molar-refractivity contribution in [2.75, 3.05) is 13.2 Å². The van der Waals surface area contributed by atoms with Crippen LogP contribution in [0, 0.1) is 0 Å². The molecule has 0 saturated carbocycles. The van der Waals surface area contributed by atoms with E-state index < -0.39 is 5.97 Å². The second-order valence-electron chi connectivity index (χ2n) is 4.90. The summed E-state index contributed by atoms with van der Waals surface area (Å²) in [4.78, 5) is 22.7. The first-order chi connectivity index (χ1) is 9.66. The number of aromatic carboxylic acids is 1. The monoisotopic (exact) mass is 277 g/mol. The Kier molecular flexibility index (Phi) is 5.12. The number of amides is 1. The number of rotatable bonds is 5. The molecule has 1 saturated heterocycles. The maximum atomic E-state index is 11.8. The highest BCUT2D eigenvalue weighted by Gasteiger charge is 2.21. The molecule has 1 aromatic carbocycles. The van der Waals surface area contributed by atoms with Crippen LogP contribution >= 0.6 is 0 Å². The third kappa shape index (κ3) is 4.06. The smallest absolute Gasteiger partial charge is 0.335 e.